The molecule has 0 saturated carbocycles. The summed E-state index contributed by atoms with van der Waals surface area (Å²) in [5.41, 5.74) is 0. The van der Waals surface area contributed by atoms with Crippen LogP contribution in [0.4, 0.5) is 0 Å². The van der Waals surface area contributed by atoms with Gasteiger partial charge in [-0.1, -0.05) is 13.8 Å². The van der Waals surface area contributed by atoms with Gasteiger partial charge in [-0.05, 0) is 26.7 Å². The summed E-state index contributed by atoms with van der Waals surface area (Å²) in [5.74, 6) is 0. The van der Waals surface area contributed by atoms with Crippen LogP contribution in [0.3, 0.4) is 0 Å². The molecule has 0 amide bonds. The fraction of sp³-hybridized carbons (Fsp3) is 1.00. The van der Waals surface area contributed by atoms with Crippen LogP contribution in [0.15, 0.2) is 0 Å². The minimum atomic E-state index is 0.384. The maximum atomic E-state index is 5.55. The average Bonchev–Trinajstić information content (AvgIpc) is 1.82. The summed E-state index contributed by atoms with van der Waals surface area (Å²) < 4.78 is 5.55. The van der Waals surface area contributed by atoms with Crippen molar-refractivity contribution in [1.29, 1.82) is 0 Å². The Labute approximate surface area is 58.4 Å². The molecule has 0 rings (SSSR count). The first-order valence-corrected chi connectivity index (χ1v) is 3.86. The summed E-state index contributed by atoms with van der Waals surface area (Å²) in [5, 5.41) is 0. The molecule has 9 heavy (non-hydrogen) atoms. The zero-order chi connectivity index (χ0) is 7.28. The van der Waals surface area contributed by atoms with Crippen LogP contribution in [0.5, 0.6) is 0 Å². The van der Waals surface area contributed by atoms with Crippen LogP contribution < -0.4 is 0 Å². The predicted octanol–water partition coefficient (Wildman–Crippen LogP) is 2.60. The normalized spacial score (nSPS) is 11.3. The molecule has 0 aliphatic heterocycles. The summed E-state index contributed by atoms with van der Waals surface area (Å²) in [4.78, 5) is 0. The third-order valence-electron chi connectivity index (χ3n) is 1.38. The minimum Gasteiger partial charge on any atom is -0.376 e. The Hall–Kier alpha value is -0.0400. The quantitative estimate of drug-likeness (QED) is 0.568. The fourth-order valence-electron chi connectivity index (χ4n) is 0.866. The van der Waals surface area contributed by atoms with E-state index in [0.29, 0.717) is 12.2 Å². The summed E-state index contributed by atoms with van der Waals surface area (Å²) >= 11 is 0. The van der Waals surface area contributed by atoms with Crippen LogP contribution in [0.25, 0.3) is 0 Å². The van der Waals surface area contributed by atoms with E-state index in [0.717, 1.165) is 12.8 Å². The van der Waals surface area contributed by atoms with Crippen LogP contribution in [0, 0.1) is 0 Å². The zero-order valence-corrected chi connectivity index (χ0v) is 6.98. The Morgan fingerprint density at radius 1 is 1.11 bits per heavy atom. The smallest absolute Gasteiger partial charge is 0.0573 e. The molecular weight excluding hydrogens is 112 g/mol. The van der Waals surface area contributed by atoms with Crippen LogP contribution in [-0.4, -0.2) is 12.2 Å². The maximum Gasteiger partial charge on any atom is 0.0573 e. The molecule has 0 radical (unpaired) electrons. The standard InChI is InChI=1S/C8H18O/c1-5-8(6-2)9-7(3)4/h7-8H,5-6H2,1-4H3. The third kappa shape index (κ3) is 4.46. The van der Waals surface area contributed by atoms with Crippen molar-refractivity contribution in [1.82, 2.24) is 0 Å². The molecule has 0 aliphatic carbocycles. The lowest BCUT2D eigenvalue weighted by Crippen LogP contribution is -2.15. The summed E-state index contributed by atoms with van der Waals surface area (Å²) in [7, 11) is 0. The Morgan fingerprint density at radius 2 is 1.56 bits per heavy atom. The molecule has 56 valence electrons. The van der Waals surface area contributed by atoms with E-state index in [1.807, 2.05) is 0 Å². The number of hydrogen-bond acceptors (Lipinski definition) is 1. The lowest BCUT2D eigenvalue weighted by molar-refractivity contribution is 0.00411. The Bertz CT molecular complexity index is 55.6. The van der Waals surface area contributed by atoms with Crippen molar-refractivity contribution in [3.8, 4) is 0 Å². The highest BCUT2D eigenvalue weighted by atomic mass is 16.5. The molecule has 1 heteroatoms. The van der Waals surface area contributed by atoms with E-state index >= 15 is 0 Å². The van der Waals surface area contributed by atoms with Crippen molar-refractivity contribution in [2.24, 2.45) is 0 Å². The minimum absolute atomic E-state index is 0.384. The molecule has 0 aliphatic rings. The lowest BCUT2D eigenvalue weighted by Gasteiger charge is -2.16. The second-order valence-electron chi connectivity index (χ2n) is 2.62. The van der Waals surface area contributed by atoms with Crippen molar-refractivity contribution in [3.05, 3.63) is 0 Å². The van der Waals surface area contributed by atoms with Crippen molar-refractivity contribution in [3.63, 3.8) is 0 Å². The number of ether oxygens (including phenoxy) is 1. The first-order valence-electron chi connectivity index (χ1n) is 3.86. The van der Waals surface area contributed by atoms with Gasteiger partial charge in [-0.15, -0.1) is 0 Å². The number of hydrogen-bond donors (Lipinski definition) is 0. The molecule has 0 heterocycles. The van der Waals surface area contributed by atoms with E-state index < -0.39 is 0 Å². The largest absolute Gasteiger partial charge is 0.376 e. The van der Waals surface area contributed by atoms with Crippen molar-refractivity contribution < 1.29 is 4.74 Å². The highest BCUT2D eigenvalue weighted by Gasteiger charge is 2.03. The van der Waals surface area contributed by atoms with Gasteiger partial charge in [0.1, 0.15) is 0 Å². The lowest BCUT2D eigenvalue weighted by atomic mass is 10.2. The molecule has 0 saturated heterocycles. The topological polar surface area (TPSA) is 9.23 Å². The summed E-state index contributed by atoms with van der Waals surface area (Å²) in [6, 6.07) is 0. The van der Waals surface area contributed by atoms with Crippen LogP contribution in [0.1, 0.15) is 40.5 Å². The predicted molar refractivity (Wildman–Crippen MR) is 40.6 cm³/mol. The Balaban J connectivity index is 3.31. The zero-order valence-electron chi connectivity index (χ0n) is 6.98. The molecule has 0 unspecified atom stereocenters. The van der Waals surface area contributed by atoms with Crippen molar-refractivity contribution in [2.45, 2.75) is 52.7 Å². The highest BCUT2D eigenvalue weighted by Crippen LogP contribution is 2.05. The first-order chi connectivity index (χ1) is 4.20. The van der Waals surface area contributed by atoms with E-state index in [-0.39, 0.29) is 0 Å². The molecular formula is C8H18O. The fourth-order valence-corrected chi connectivity index (χ4v) is 0.866. The summed E-state index contributed by atoms with van der Waals surface area (Å²) in [6.45, 7) is 8.49. The second-order valence-corrected chi connectivity index (χ2v) is 2.62. The molecule has 0 N–H and O–H groups in total. The van der Waals surface area contributed by atoms with E-state index in [9.17, 15) is 0 Å². The maximum absolute atomic E-state index is 5.55. The van der Waals surface area contributed by atoms with Gasteiger partial charge < -0.3 is 4.74 Å². The van der Waals surface area contributed by atoms with E-state index in [2.05, 4.69) is 27.7 Å². The van der Waals surface area contributed by atoms with Gasteiger partial charge in [0.25, 0.3) is 0 Å². The van der Waals surface area contributed by atoms with Crippen LogP contribution in [-0.2, 0) is 4.74 Å². The van der Waals surface area contributed by atoms with Gasteiger partial charge >= 0.3 is 0 Å². The van der Waals surface area contributed by atoms with E-state index in [4.69, 9.17) is 4.74 Å². The monoisotopic (exact) mass is 130 g/mol. The molecule has 0 bridgehead atoms. The molecule has 0 aromatic carbocycles. The third-order valence-corrected chi connectivity index (χ3v) is 1.38. The van der Waals surface area contributed by atoms with Crippen molar-refractivity contribution >= 4 is 0 Å². The average molecular weight is 130 g/mol. The second kappa shape index (κ2) is 4.80. The molecule has 0 atom stereocenters. The molecule has 0 aromatic rings. The first kappa shape index (κ1) is 8.96. The molecule has 0 spiro atoms. The van der Waals surface area contributed by atoms with Gasteiger partial charge in [0.05, 0.1) is 12.2 Å². The summed E-state index contributed by atoms with van der Waals surface area (Å²) in [6.07, 6.45) is 3.13. The van der Waals surface area contributed by atoms with Gasteiger partial charge in [0, 0.05) is 0 Å². The van der Waals surface area contributed by atoms with Crippen LogP contribution in [0.2, 0.25) is 0 Å². The number of rotatable bonds is 4. The van der Waals surface area contributed by atoms with Gasteiger partial charge in [-0.25, -0.2) is 0 Å². The Kier molecular flexibility index (Phi) is 4.78. The van der Waals surface area contributed by atoms with Gasteiger partial charge in [-0.2, -0.15) is 0 Å². The van der Waals surface area contributed by atoms with Gasteiger partial charge in [0.2, 0.25) is 0 Å². The van der Waals surface area contributed by atoms with Crippen LogP contribution >= 0.6 is 0 Å². The highest BCUT2D eigenvalue weighted by molar-refractivity contribution is 4.52. The van der Waals surface area contributed by atoms with E-state index in [1.165, 1.54) is 0 Å². The van der Waals surface area contributed by atoms with Gasteiger partial charge in [-0.3, -0.25) is 0 Å². The molecule has 0 fully saturated rings. The molecule has 0 aromatic heterocycles. The molecule has 1 nitrogen and oxygen atoms in total. The van der Waals surface area contributed by atoms with Crippen molar-refractivity contribution in [2.75, 3.05) is 0 Å². The SMILES string of the molecule is CCC(CC)OC(C)C. The van der Waals surface area contributed by atoms with E-state index in [1.54, 1.807) is 0 Å². The Morgan fingerprint density at radius 3 is 1.67 bits per heavy atom. The van der Waals surface area contributed by atoms with Gasteiger partial charge in [0.15, 0.2) is 0 Å².